The van der Waals surface area contributed by atoms with Crippen LogP contribution >= 0.6 is 0 Å². The van der Waals surface area contributed by atoms with Crippen LogP contribution in [0, 0.1) is 5.82 Å². The molecular weight excluding hydrogens is 267 g/mol. The summed E-state index contributed by atoms with van der Waals surface area (Å²) in [6.45, 7) is 0. The zero-order chi connectivity index (χ0) is 14.8. The molecule has 0 aromatic heterocycles. The van der Waals surface area contributed by atoms with E-state index in [4.69, 9.17) is 4.74 Å². The molecule has 108 valence electrons. The molecule has 0 fully saturated rings. The molecule has 0 radical (unpaired) electrons. The van der Waals surface area contributed by atoms with E-state index in [2.05, 4.69) is 0 Å². The monoisotopic (exact) mass is 284 g/mol. The molecule has 2 aromatic rings. The Morgan fingerprint density at radius 2 is 2.00 bits per heavy atom. The number of Topliss-reactive ketones (excluding diaryl/α,β-unsaturated/α-hetero) is 1. The van der Waals surface area contributed by atoms with Crippen LogP contribution in [0.1, 0.15) is 33.5 Å². The van der Waals surface area contributed by atoms with Crippen molar-refractivity contribution in [3.63, 3.8) is 0 Å². The summed E-state index contributed by atoms with van der Waals surface area (Å²) < 4.78 is 19.0. The van der Waals surface area contributed by atoms with Crippen molar-refractivity contribution < 1.29 is 13.9 Å². The van der Waals surface area contributed by atoms with Crippen molar-refractivity contribution in [2.75, 3.05) is 7.11 Å². The molecular formula is C18H17FO2. The fourth-order valence-electron chi connectivity index (χ4n) is 2.87. The van der Waals surface area contributed by atoms with Gasteiger partial charge in [0.2, 0.25) is 0 Å². The van der Waals surface area contributed by atoms with Crippen molar-refractivity contribution in [2.45, 2.75) is 25.7 Å². The first-order valence-corrected chi connectivity index (χ1v) is 7.15. The van der Waals surface area contributed by atoms with E-state index in [1.165, 1.54) is 18.2 Å². The van der Waals surface area contributed by atoms with Crippen molar-refractivity contribution >= 4 is 5.78 Å². The van der Waals surface area contributed by atoms with Gasteiger partial charge in [-0.2, -0.15) is 0 Å². The Kier molecular flexibility index (Phi) is 3.74. The third kappa shape index (κ3) is 2.68. The first-order chi connectivity index (χ1) is 10.2. The number of rotatable bonds is 4. The molecule has 2 aromatic carbocycles. The Bertz CT molecular complexity index is 692. The first-order valence-electron chi connectivity index (χ1n) is 7.15. The maximum atomic E-state index is 14.1. The SMILES string of the molecule is COc1cccc(CC(=O)c2ccc3c(c2)CCC3)c1F. The van der Waals surface area contributed by atoms with Crippen LogP contribution in [0.3, 0.4) is 0 Å². The number of hydrogen-bond donors (Lipinski definition) is 0. The van der Waals surface area contributed by atoms with Crippen LogP contribution in [0.5, 0.6) is 5.75 Å². The third-order valence-electron chi connectivity index (χ3n) is 4.03. The van der Waals surface area contributed by atoms with Gasteiger partial charge in [-0.3, -0.25) is 4.79 Å². The summed E-state index contributed by atoms with van der Waals surface area (Å²) in [5.74, 6) is -0.333. The van der Waals surface area contributed by atoms with E-state index >= 15 is 0 Å². The molecule has 2 nitrogen and oxygen atoms in total. The van der Waals surface area contributed by atoms with E-state index in [1.54, 1.807) is 18.2 Å². The number of methoxy groups -OCH3 is 1. The van der Waals surface area contributed by atoms with Gasteiger partial charge in [-0.15, -0.1) is 0 Å². The minimum absolute atomic E-state index is 0.0574. The Hall–Kier alpha value is -2.16. The number of hydrogen-bond acceptors (Lipinski definition) is 2. The van der Waals surface area contributed by atoms with Gasteiger partial charge in [0.05, 0.1) is 7.11 Å². The molecule has 1 aliphatic carbocycles. The number of carbonyl (C=O) groups excluding carboxylic acids is 1. The molecule has 0 N–H and O–H groups in total. The Morgan fingerprint density at radius 1 is 1.19 bits per heavy atom. The van der Waals surface area contributed by atoms with Gasteiger partial charge >= 0.3 is 0 Å². The number of aryl methyl sites for hydroxylation is 2. The largest absolute Gasteiger partial charge is 0.494 e. The molecule has 0 atom stereocenters. The van der Waals surface area contributed by atoms with E-state index in [9.17, 15) is 9.18 Å². The fraction of sp³-hybridized carbons (Fsp3) is 0.278. The molecule has 3 heteroatoms. The second-order valence-electron chi connectivity index (χ2n) is 5.37. The highest BCUT2D eigenvalue weighted by molar-refractivity contribution is 5.97. The molecule has 0 amide bonds. The normalized spacial score (nSPS) is 13.0. The van der Waals surface area contributed by atoms with Crippen molar-refractivity contribution in [3.8, 4) is 5.75 Å². The van der Waals surface area contributed by atoms with Gasteiger partial charge in [-0.05, 0) is 48.1 Å². The average molecular weight is 284 g/mol. The predicted octanol–water partition coefficient (Wildman–Crippen LogP) is 3.75. The van der Waals surface area contributed by atoms with Gasteiger partial charge in [0.25, 0.3) is 0 Å². The third-order valence-corrected chi connectivity index (χ3v) is 4.03. The minimum atomic E-state index is -0.450. The number of halogens is 1. The van der Waals surface area contributed by atoms with Crippen LogP contribution in [0.2, 0.25) is 0 Å². The van der Waals surface area contributed by atoms with Gasteiger partial charge in [0, 0.05) is 12.0 Å². The van der Waals surface area contributed by atoms with E-state index < -0.39 is 5.82 Å². The molecule has 21 heavy (non-hydrogen) atoms. The van der Waals surface area contributed by atoms with Gasteiger partial charge in [-0.25, -0.2) is 4.39 Å². The highest BCUT2D eigenvalue weighted by Crippen LogP contribution is 2.25. The molecule has 0 heterocycles. The quantitative estimate of drug-likeness (QED) is 0.799. The summed E-state index contributed by atoms with van der Waals surface area (Å²) in [7, 11) is 1.42. The van der Waals surface area contributed by atoms with Crippen molar-refractivity contribution in [1.82, 2.24) is 0 Å². The van der Waals surface area contributed by atoms with Crippen molar-refractivity contribution in [2.24, 2.45) is 0 Å². The van der Waals surface area contributed by atoms with Crippen LogP contribution in [0.15, 0.2) is 36.4 Å². The minimum Gasteiger partial charge on any atom is -0.494 e. The smallest absolute Gasteiger partial charge is 0.168 e. The molecule has 0 bridgehead atoms. The summed E-state index contributed by atoms with van der Waals surface area (Å²) in [6.07, 6.45) is 3.33. The molecule has 0 saturated carbocycles. The number of benzene rings is 2. The maximum Gasteiger partial charge on any atom is 0.168 e. The van der Waals surface area contributed by atoms with Gasteiger partial charge in [0.1, 0.15) is 0 Å². The van der Waals surface area contributed by atoms with Crippen LogP contribution in [0.4, 0.5) is 4.39 Å². The van der Waals surface area contributed by atoms with E-state index in [0.29, 0.717) is 11.1 Å². The average Bonchev–Trinajstić information content (AvgIpc) is 2.96. The van der Waals surface area contributed by atoms with Gasteiger partial charge < -0.3 is 4.74 Å². The van der Waals surface area contributed by atoms with Crippen LogP contribution in [-0.2, 0) is 19.3 Å². The summed E-state index contributed by atoms with van der Waals surface area (Å²) in [6, 6.07) is 10.7. The van der Waals surface area contributed by atoms with Crippen LogP contribution in [0.25, 0.3) is 0 Å². The number of carbonyl (C=O) groups is 1. The fourth-order valence-corrected chi connectivity index (χ4v) is 2.87. The lowest BCUT2D eigenvalue weighted by Crippen LogP contribution is -2.06. The molecule has 0 unspecified atom stereocenters. The lowest BCUT2D eigenvalue weighted by atomic mass is 9.99. The second-order valence-corrected chi connectivity index (χ2v) is 5.37. The number of ketones is 1. The van der Waals surface area contributed by atoms with E-state index in [0.717, 1.165) is 19.3 Å². The standard InChI is InChI=1S/C18H17FO2/c1-21-17-7-3-6-15(18(17)19)11-16(20)14-9-8-12-4-2-5-13(12)10-14/h3,6-10H,2,4-5,11H2,1H3. The summed E-state index contributed by atoms with van der Waals surface area (Å²) in [5, 5.41) is 0. The van der Waals surface area contributed by atoms with Crippen molar-refractivity contribution in [1.29, 1.82) is 0 Å². The molecule has 0 saturated heterocycles. The molecule has 0 aliphatic heterocycles. The Morgan fingerprint density at radius 3 is 2.81 bits per heavy atom. The summed E-state index contributed by atoms with van der Waals surface area (Å²) >= 11 is 0. The Labute approximate surface area is 123 Å². The first kappa shape index (κ1) is 13.8. The van der Waals surface area contributed by atoms with E-state index in [-0.39, 0.29) is 18.0 Å². The van der Waals surface area contributed by atoms with Crippen LogP contribution in [-0.4, -0.2) is 12.9 Å². The summed E-state index contributed by atoms with van der Waals surface area (Å²) in [5.41, 5.74) is 3.63. The molecule has 0 spiro atoms. The van der Waals surface area contributed by atoms with Gasteiger partial charge in [0.15, 0.2) is 17.3 Å². The second kappa shape index (κ2) is 5.68. The number of ether oxygens (including phenoxy) is 1. The lowest BCUT2D eigenvalue weighted by molar-refractivity contribution is 0.0991. The van der Waals surface area contributed by atoms with E-state index in [1.807, 2.05) is 18.2 Å². The van der Waals surface area contributed by atoms with Gasteiger partial charge in [-0.1, -0.05) is 24.3 Å². The highest BCUT2D eigenvalue weighted by atomic mass is 19.1. The molecule has 3 rings (SSSR count). The van der Waals surface area contributed by atoms with Crippen LogP contribution < -0.4 is 4.74 Å². The Balaban J connectivity index is 1.84. The maximum absolute atomic E-state index is 14.1. The highest BCUT2D eigenvalue weighted by Gasteiger charge is 2.16. The summed E-state index contributed by atoms with van der Waals surface area (Å²) in [4.78, 5) is 12.4. The molecule has 1 aliphatic rings. The zero-order valence-corrected chi connectivity index (χ0v) is 12.0. The number of fused-ring (bicyclic) bond motifs is 1. The zero-order valence-electron chi connectivity index (χ0n) is 12.0. The van der Waals surface area contributed by atoms with Crippen molar-refractivity contribution in [3.05, 3.63) is 64.5 Å². The predicted molar refractivity (Wildman–Crippen MR) is 79.5 cm³/mol. The lowest BCUT2D eigenvalue weighted by Gasteiger charge is -2.08. The topological polar surface area (TPSA) is 26.3 Å².